The van der Waals surface area contributed by atoms with Gasteiger partial charge in [0.05, 0.1) is 26.5 Å². The van der Waals surface area contributed by atoms with Crippen LogP contribution in [0.25, 0.3) is 0 Å². The molecule has 0 saturated carbocycles. The molecule has 2 aromatic carbocycles. The van der Waals surface area contributed by atoms with Crippen molar-refractivity contribution in [2.45, 2.75) is 26.3 Å². The van der Waals surface area contributed by atoms with Crippen molar-refractivity contribution in [1.82, 2.24) is 0 Å². The van der Waals surface area contributed by atoms with Gasteiger partial charge in [0.15, 0.2) is 11.5 Å². The molecule has 0 saturated heterocycles. The zero-order valence-electron chi connectivity index (χ0n) is 15.7. The Balaban J connectivity index is 2.04. The first-order chi connectivity index (χ1) is 12.6. The molecule has 0 aliphatic rings. The first-order valence-electron chi connectivity index (χ1n) is 8.60. The van der Waals surface area contributed by atoms with Crippen molar-refractivity contribution in [2.24, 2.45) is 0 Å². The first kappa shape index (κ1) is 19.4. The highest BCUT2D eigenvalue weighted by atomic mass is 16.5. The molecule has 0 bridgehead atoms. The minimum Gasteiger partial charge on any atom is -0.493 e. The van der Waals surface area contributed by atoms with Crippen LogP contribution >= 0.6 is 0 Å². The minimum absolute atomic E-state index is 0.164. The lowest BCUT2D eigenvalue weighted by Gasteiger charge is -2.18. The molecule has 140 valence electrons. The van der Waals surface area contributed by atoms with Crippen molar-refractivity contribution in [3.8, 4) is 17.2 Å². The molecule has 1 atom stereocenters. The molecule has 2 N–H and O–H groups in total. The molecular weight excluding hydrogens is 332 g/mol. The summed E-state index contributed by atoms with van der Waals surface area (Å²) in [5.41, 5.74) is 1.42. The molecule has 0 spiro atoms. The largest absolute Gasteiger partial charge is 0.493 e. The molecule has 0 fully saturated rings. The van der Waals surface area contributed by atoms with Crippen LogP contribution in [0.15, 0.2) is 42.5 Å². The lowest BCUT2D eigenvalue weighted by Crippen LogP contribution is -2.32. The van der Waals surface area contributed by atoms with Gasteiger partial charge in [-0.2, -0.15) is 0 Å². The number of anilines is 2. The topological polar surface area (TPSA) is 68.8 Å². The van der Waals surface area contributed by atoms with Gasteiger partial charge in [-0.1, -0.05) is 19.1 Å². The molecule has 2 rings (SSSR count). The number of methoxy groups -OCH3 is 2. The van der Waals surface area contributed by atoms with Crippen LogP contribution in [0.2, 0.25) is 0 Å². The number of rotatable bonds is 9. The van der Waals surface area contributed by atoms with Crippen molar-refractivity contribution >= 4 is 17.3 Å². The Morgan fingerprint density at radius 2 is 1.77 bits per heavy atom. The van der Waals surface area contributed by atoms with E-state index in [4.69, 9.17) is 14.2 Å². The number of carbonyl (C=O) groups is 1. The lowest BCUT2D eigenvalue weighted by atomic mass is 10.2. The van der Waals surface area contributed by atoms with E-state index < -0.39 is 6.04 Å². The highest BCUT2D eigenvalue weighted by molar-refractivity contribution is 5.96. The van der Waals surface area contributed by atoms with Crippen molar-refractivity contribution in [3.63, 3.8) is 0 Å². The Labute approximate surface area is 154 Å². The second kappa shape index (κ2) is 9.56. The molecule has 1 amide bonds. The van der Waals surface area contributed by atoms with Crippen LogP contribution in [0.1, 0.15) is 20.3 Å². The van der Waals surface area contributed by atoms with Gasteiger partial charge in [0, 0.05) is 11.8 Å². The third-order valence-corrected chi connectivity index (χ3v) is 3.77. The lowest BCUT2D eigenvalue weighted by molar-refractivity contribution is -0.116. The maximum Gasteiger partial charge on any atom is 0.246 e. The monoisotopic (exact) mass is 358 g/mol. The summed E-state index contributed by atoms with van der Waals surface area (Å²) in [4.78, 5) is 12.5. The summed E-state index contributed by atoms with van der Waals surface area (Å²) in [5, 5.41) is 6.07. The molecule has 2 aromatic rings. The van der Waals surface area contributed by atoms with Crippen LogP contribution in [0.3, 0.4) is 0 Å². The van der Waals surface area contributed by atoms with Crippen molar-refractivity contribution in [1.29, 1.82) is 0 Å². The highest BCUT2D eigenvalue weighted by Crippen LogP contribution is 2.30. The van der Waals surface area contributed by atoms with E-state index in [0.29, 0.717) is 23.8 Å². The van der Waals surface area contributed by atoms with Gasteiger partial charge in [0.1, 0.15) is 11.8 Å². The predicted molar refractivity (Wildman–Crippen MR) is 103 cm³/mol. The first-order valence-corrected chi connectivity index (χ1v) is 8.60. The van der Waals surface area contributed by atoms with E-state index in [-0.39, 0.29) is 5.91 Å². The smallest absolute Gasteiger partial charge is 0.246 e. The predicted octanol–water partition coefficient (Wildman–Crippen LogP) is 3.93. The van der Waals surface area contributed by atoms with Crippen molar-refractivity contribution < 1.29 is 19.0 Å². The normalized spacial score (nSPS) is 11.4. The van der Waals surface area contributed by atoms with Crippen LogP contribution in [-0.2, 0) is 4.79 Å². The minimum atomic E-state index is -0.450. The molecule has 0 aliphatic heterocycles. The van der Waals surface area contributed by atoms with Gasteiger partial charge in [0.25, 0.3) is 0 Å². The summed E-state index contributed by atoms with van der Waals surface area (Å²) in [6.45, 7) is 4.48. The van der Waals surface area contributed by atoms with Gasteiger partial charge in [-0.05, 0) is 37.6 Å². The molecule has 6 nitrogen and oxygen atoms in total. The third kappa shape index (κ3) is 5.05. The van der Waals surface area contributed by atoms with E-state index in [9.17, 15) is 4.79 Å². The van der Waals surface area contributed by atoms with E-state index >= 15 is 0 Å². The molecule has 0 heterocycles. The van der Waals surface area contributed by atoms with E-state index in [1.54, 1.807) is 39.3 Å². The van der Waals surface area contributed by atoms with Crippen LogP contribution in [0.5, 0.6) is 17.2 Å². The Bertz CT molecular complexity index is 734. The molecule has 0 aromatic heterocycles. The average Bonchev–Trinajstić information content (AvgIpc) is 2.67. The molecule has 0 unspecified atom stereocenters. The summed E-state index contributed by atoms with van der Waals surface area (Å²) in [7, 11) is 3.13. The van der Waals surface area contributed by atoms with Gasteiger partial charge in [-0.3, -0.25) is 4.79 Å². The number of hydrogen-bond donors (Lipinski definition) is 2. The van der Waals surface area contributed by atoms with Gasteiger partial charge in [-0.25, -0.2) is 0 Å². The van der Waals surface area contributed by atoms with E-state index in [1.807, 2.05) is 24.3 Å². The van der Waals surface area contributed by atoms with Gasteiger partial charge in [-0.15, -0.1) is 0 Å². The number of ether oxygens (including phenoxy) is 3. The fraction of sp³-hybridized carbons (Fsp3) is 0.350. The van der Waals surface area contributed by atoms with Crippen LogP contribution in [-0.4, -0.2) is 32.8 Å². The fourth-order valence-electron chi connectivity index (χ4n) is 2.39. The summed E-state index contributed by atoms with van der Waals surface area (Å²) in [6, 6.07) is 12.4. The number of carbonyl (C=O) groups excluding carboxylic acids is 1. The summed E-state index contributed by atoms with van der Waals surface area (Å²) < 4.78 is 16.2. The van der Waals surface area contributed by atoms with Crippen LogP contribution < -0.4 is 24.8 Å². The third-order valence-electron chi connectivity index (χ3n) is 3.77. The number of nitrogens with one attached hydrogen (secondary N) is 2. The molecule has 6 heteroatoms. The van der Waals surface area contributed by atoms with Gasteiger partial charge >= 0.3 is 0 Å². The van der Waals surface area contributed by atoms with Crippen LogP contribution in [0.4, 0.5) is 11.4 Å². The standard InChI is InChI=1S/C20H26N2O4/c1-5-12-26-17-9-7-6-8-16(17)21-14(2)20(23)22-15-10-11-18(24-3)19(13-15)25-4/h6-11,13-14,21H,5,12H2,1-4H3,(H,22,23)/t14-/m1/s1. The molecule has 26 heavy (non-hydrogen) atoms. The van der Waals surface area contributed by atoms with Gasteiger partial charge < -0.3 is 24.8 Å². The van der Waals surface area contributed by atoms with E-state index in [1.165, 1.54) is 0 Å². The van der Waals surface area contributed by atoms with E-state index in [2.05, 4.69) is 17.6 Å². The number of para-hydroxylation sites is 2. The number of benzene rings is 2. The number of amides is 1. The second-order valence-electron chi connectivity index (χ2n) is 5.77. The van der Waals surface area contributed by atoms with E-state index in [0.717, 1.165) is 17.9 Å². The summed E-state index contributed by atoms with van der Waals surface area (Å²) in [6.07, 6.45) is 0.920. The molecule has 0 radical (unpaired) electrons. The fourth-order valence-corrected chi connectivity index (χ4v) is 2.39. The Hall–Kier alpha value is -2.89. The summed E-state index contributed by atoms with van der Waals surface area (Å²) in [5.74, 6) is 1.74. The maximum absolute atomic E-state index is 12.5. The Morgan fingerprint density at radius 3 is 2.46 bits per heavy atom. The molecule has 0 aliphatic carbocycles. The summed E-state index contributed by atoms with van der Waals surface area (Å²) >= 11 is 0. The number of hydrogen-bond acceptors (Lipinski definition) is 5. The Kier molecular flexibility index (Phi) is 7.14. The SMILES string of the molecule is CCCOc1ccccc1N[C@H](C)C(=O)Nc1ccc(OC)c(OC)c1. The van der Waals surface area contributed by atoms with Crippen molar-refractivity contribution in [2.75, 3.05) is 31.5 Å². The van der Waals surface area contributed by atoms with Crippen molar-refractivity contribution in [3.05, 3.63) is 42.5 Å². The van der Waals surface area contributed by atoms with Gasteiger partial charge in [0.2, 0.25) is 5.91 Å². The molecular formula is C20H26N2O4. The quantitative estimate of drug-likeness (QED) is 0.711. The average molecular weight is 358 g/mol. The zero-order valence-corrected chi connectivity index (χ0v) is 15.7. The second-order valence-corrected chi connectivity index (χ2v) is 5.77. The zero-order chi connectivity index (χ0) is 18.9. The highest BCUT2D eigenvalue weighted by Gasteiger charge is 2.16. The Morgan fingerprint density at radius 1 is 1.04 bits per heavy atom. The van der Waals surface area contributed by atoms with Crippen LogP contribution in [0, 0.1) is 0 Å². The maximum atomic E-state index is 12.5.